The summed E-state index contributed by atoms with van der Waals surface area (Å²) in [6.45, 7) is 3.97. The van der Waals surface area contributed by atoms with E-state index < -0.39 is 0 Å². The van der Waals surface area contributed by atoms with Gasteiger partial charge in [-0.25, -0.2) is 0 Å². The largest absolute Gasteiger partial charge is 0.384 e. The molecule has 5 nitrogen and oxygen atoms in total. The summed E-state index contributed by atoms with van der Waals surface area (Å²) < 4.78 is 4.86. The summed E-state index contributed by atoms with van der Waals surface area (Å²) in [5.74, 6) is -0.130. The van der Waals surface area contributed by atoms with Gasteiger partial charge in [-0.05, 0) is 12.5 Å². The van der Waals surface area contributed by atoms with Crippen LogP contribution in [0.5, 0.6) is 0 Å². The molecule has 0 fully saturated rings. The number of aromatic nitrogens is 1. The number of hydrogen-bond donors (Lipinski definition) is 2. The van der Waals surface area contributed by atoms with Gasteiger partial charge >= 0.3 is 0 Å². The zero-order chi connectivity index (χ0) is 12.5. The molecule has 1 rings (SSSR count). The lowest BCUT2D eigenvalue weighted by atomic mass is 10.2. The van der Waals surface area contributed by atoms with Crippen LogP contribution in [0.15, 0.2) is 18.5 Å². The number of hydrogen-bond acceptors (Lipinski definition) is 4. The number of rotatable bonds is 7. The highest BCUT2D eigenvalue weighted by Gasteiger charge is 2.05. The summed E-state index contributed by atoms with van der Waals surface area (Å²) >= 11 is 0. The van der Waals surface area contributed by atoms with Crippen molar-refractivity contribution in [1.82, 2.24) is 10.3 Å². The zero-order valence-corrected chi connectivity index (χ0v) is 10.3. The van der Waals surface area contributed by atoms with E-state index in [2.05, 4.69) is 22.5 Å². The van der Waals surface area contributed by atoms with Gasteiger partial charge in [-0.1, -0.05) is 6.92 Å². The van der Waals surface area contributed by atoms with E-state index in [9.17, 15) is 4.79 Å². The average molecular weight is 237 g/mol. The van der Waals surface area contributed by atoms with E-state index in [0.717, 1.165) is 18.7 Å². The molecule has 0 aliphatic rings. The minimum Gasteiger partial charge on any atom is -0.384 e. The minimum atomic E-state index is -0.130. The normalized spacial score (nSPS) is 10.0. The molecule has 0 saturated heterocycles. The lowest BCUT2D eigenvalue weighted by molar-refractivity contribution is 0.0937. The summed E-state index contributed by atoms with van der Waals surface area (Å²) in [4.78, 5) is 15.7. The van der Waals surface area contributed by atoms with Crippen molar-refractivity contribution < 1.29 is 9.53 Å². The quantitative estimate of drug-likeness (QED) is 0.701. The van der Waals surface area contributed by atoms with Crippen LogP contribution in [0.2, 0.25) is 0 Å². The standard InChI is InChI=1S/C12H19N3O2/c1-3-4-14-11-7-10(8-13-9-11)12(16)15-5-6-17-2/h7-9,14H,3-6H2,1-2H3,(H,15,16). The lowest BCUT2D eigenvalue weighted by Crippen LogP contribution is -2.27. The van der Waals surface area contributed by atoms with Gasteiger partial charge in [-0.2, -0.15) is 0 Å². The number of pyridine rings is 1. The van der Waals surface area contributed by atoms with Crippen molar-refractivity contribution in [2.75, 3.05) is 32.1 Å². The maximum atomic E-state index is 11.7. The zero-order valence-electron chi connectivity index (χ0n) is 10.3. The predicted octanol–water partition coefficient (Wildman–Crippen LogP) is 1.28. The molecule has 0 unspecified atom stereocenters. The Morgan fingerprint density at radius 3 is 2.94 bits per heavy atom. The molecule has 1 aromatic heterocycles. The van der Waals surface area contributed by atoms with E-state index in [4.69, 9.17) is 4.74 Å². The van der Waals surface area contributed by atoms with E-state index in [1.54, 1.807) is 25.6 Å². The maximum absolute atomic E-state index is 11.7. The molecular formula is C12H19N3O2. The number of nitrogens with zero attached hydrogens (tertiary/aromatic N) is 1. The van der Waals surface area contributed by atoms with Crippen LogP contribution in [0, 0.1) is 0 Å². The first-order valence-corrected chi connectivity index (χ1v) is 5.74. The van der Waals surface area contributed by atoms with Gasteiger partial charge in [0, 0.05) is 32.6 Å². The van der Waals surface area contributed by atoms with Gasteiger partial charge in [0.25, 0.3) is 5.91 Å². The third kappa shape index (κ3) is 4.82. The number of amides is 1. The Hall–Kier alpha value is -1.62. The predicted molar refractivity (Wildman–Crippen MR) is 67.2 cm³/mol. The molecule has 0 radical (unpaired) electrons. The van der Waals surface area contributed by atoms with Gasteiger partial charge in [0.05, 0.1) is 17.9 Å². The SMILES string of the molecule is CCCNc1cncc(C(=O)NCCOC)c1. The molecule has 94 valence electrons. The van der Waals surface area contributed by atoms with Crippen LogP contribution >= 0.6 is 0 Å². The Labute approximate surface area is 102 Å². The monoisotopic (exact) mass is 237 g/mol. The summed E-state index contributed by atoms with van der Waals surface area (Å²) in [6, 6.07) is 1.80. The fourth-order valence-corrected chi connectivity index (χ4v) is 1.30. The van der Waals surface area contributed by atoms with Crippen LogP contribution in [0.1, 0.15) is 23.7 Å². The first-order chi connectivity index (χ1) is 8.27. The Kier molecular flexibility index (Phi) is 6.03. The lowest BCUT2D eigenvalue weighted by Gasteiger charge is -2.07. The third-order valence-corrected chi connectivity index (χ3v) is 2.17. The van der Waals surface area contributed by atoms with E-state index in [-0.39, 0.29) is 5.91 Å². The number of nitrogens with one attached hydrogen (secondary N) is 2. The number of carbonyl (C=O) groups is 1. The molecule has 0 atom stereocenters. The van der Waals surface area contributed by atoms with Gasteiger partial charge in [-0.15, -0.1) is 0 Å². The van der Waals surface area contributed by atoms with E-state index >= 15 is 0 Å². The van der Waals surface area contributed by atoms with Crippen molar-refractivity contribution in [2.24, 2.45) is 0 Å². The highest BCUT2D eigenvalue weighted by molar-refractivity contribution is 5.94. The van der Waals surface area contributed by atoms with E-state index in [1.165, 1.54) is 0 Å². The number of carbonyl (C=O) groups excluding carboxylic acids is 1. The van der Waals surface area contributed by atoms with Crippen molar-refractivity contribution in [1.29, 1.82) is 0 Å². The molecule has 1 aromatic rings. The maximum Gasteiger partial charge on any atom is 0.253 e. The molecule has 0 aliphatic heterocycles. The van der Waals surface area contributed by atoms with Crippen LogP contribution in [0.3, 0.4) is 0 Å². The van der Waals surface area contributed by atoms with Crippen molar-refractivity contribution in [3.05, 3.63) is 24.0 Å². The molecule has 1 heterocycles. The van der Waals surface area contributed by atoms with Crippen molar-refractivity contribution in [2.45, 2.75) is 13.3 Å². The number of ether oxygens (including phenoxy) is 1. The fraction of sp³-hybridized carbons (Fsp3) is 0.500. The molecule has 0 aliphatic carbocycles. The van der Waals surface area contributed by atoms with Crippen LogP contribution in [0.25, 0.3) is 0 Å². The van der Waals surface area contributed by atoms with Gasteiger partial charge in [0.2, 0.25) is 0 Å². The van der Waals surface area contributed by atoms with Crippen LogP contribution in [0.4, 0.5) is 5.69 Å². The van der Waals surface area contributed by atoms with Crippen molar-refractivity contribution in [3.8, 4) is 0 Å². The highest BCUT2D eigenvalue weighted by atomic mass is 16.5. The number of methoxy groups -OCH3 is 1. The van der Waals surface area contributed by atoms with Gasteiger partial charge in [-0.3, -0.25) is 9.78 Å². The summed E-state index contributed by atoms with van der Waals surface area (Å²) in [5, 5.41) is 5.94. The topological polar surface area (TPSA) is 63.2 Å². The summed E-state index contributed by atoms with van der Waals surface area (Å²) in [7, 11) is 1.60. The number of anilines is 1. The third-order valence-electron chi connectivity index (χ3n) is 2.17. The Morgan fingerprint density at radius 1 is 1.41 bits per heavy atom. The summed E-state index contributed by atoms with van der Waals surface area (Å²) in [5.41, 5.74) is 1.42. The fourth-order valence-electron chi connectivity index (χ4n) is 1.30. The van der Waals surface area contributed by atoms with Gasteiger partial charge in [0.15, 0.2) is 0 Å². The molecule has 0 bridgehead atoms. The second-order valence-electron chi connectivity index (χ2n) is 3.64. The first kappa shape index (κ1) is 13.4. The average Bonchev–Trinajstić information content (AvgIpc) is 2.37. The van der Waals surface area contributed by atoms with E-state index in [1.807, 2.05) is 0 Å². The summed E-state index contributed by atoms with van der Waals surface area (Å²) in [6.07, 6.45) is 4.30. The molecule has 0 spiro atoms. The van der Waals surface area contributed by atoms with Crippen LogP contribution < -0.4 is 10.6 Å². The van der Waals surface area contributed by atoms with Crippen molar-refractivity contribution >= 4 is 11.6 Å². The molecule has 0 aromatic carbocycles. The molecule has 1 amide bonds. The smallest absolute Gasteiger partial charge is 0.253 e. The molecule has 5 heteroatoms. The van der Waals surface area contributed by atoms with E-state index in [0.29, 0.717) is 18.7 Å². The Bertz CT molecular complexity index is 355. The van der Waals surface area contributed by atoms with Gasteiger partial charge < -0.3 is 15.4 Å². The van der Waals surface area contributed by atoms with Gasteiger partial charge in [0.1, 0.15) is 0 Å². The highest BCUT2D eigenvalue weighted by Crippen LogP contribution is 2.08. The molecule has 0 saturated carbocycles. The van der Waals surface area contributed by atoms with Crippen LogP contribution in [-0.2, 0) is 4.74 Å². The molecule has 17 heavy (non-hydrogen) atoms. The van der Waals surface area contributed by atoms with Crippen molar-refractivity contribution in [3.63, 3.8) is 0 Å². The molecule has 2 N–H and O–H groups in total. The Balaban J connectivity index is 2.54. The Morgan fingerprint density at radius 2 is 2.24 bits per heavy atom. The molecular weight excluding hydrogens is 218 g/mol. The minimum absolute atomic E-state index is 0.130. The second kappa shape index (κ2) is 7.62. The first-order valence-electron chi connectivity index (χ1n) is 5.74. The second-order valence-corrected chi connectivity index (χ2v) is 3.64. The van der Waals surface area contributed by atoms with Crippen LogP contribution in [-0.4, -0.2) is 37.7 Å².